The Labute approximate surface area is 138 Å². The summed E-state index contributed by atoms with van der Waals surface area (Å²) in [5.74, 6) is -0.103. The van der Waals surface area contributed by atoms with Gasteiger partial charge in [-0.1, -0.05) is 38.3 Å². The van der Waals surface area contributed by atoms with Crippen LogP contribution in [-0.2, 0) is 9.53 Å². The number of para-hydroxylation sites is 1. The highest BCUT2D eigenvalue weighted by Crippen LogP contribution is 2.20. The van der Waals surface area contributed by atoms with Gasteiger partial charge in [0, 0.05) is 7.05 Å². The van der Waals surface area contributed by atoms with E-state index in [-0.39, 0.29) is 12.5 Å². The largest absolute Gasteiger partial charge is 0.493 e. The van der Waals surface area contributed by atoms with E-state index in [0.29, 0.717) is 24.5 Å². The summed E-state index contributed by atoms with van der Waals surface area (Å²) in [6.07, 6.45) is 4.45. The Morgan fingerprint density at radius 1 is 1.09 bits per heavy atom. The van der Waals surface area contributed by atoms with Crippen molar-refractivity contribution < 1.29 is 19.1 Å². The van der Waals surface area contributed by atoms with Crippen molar-refractivity contribution >= 4 is 11.9 Å². The number of unbranched alkanes of at least 4 members (excludes halogenated alkanes) is 3. The van der Waals surface area contributed by atoms with Crippen LogP contribution >= 0.6 is 0 Å². The number of hydrogen-bond donors (Lipinski definition) is 0. The fourth-order valence-corrected chi connectivity index (χ4v) is 2.16. The van der Waals surface area contributed by atoms with E-state index in [1.54, 1.807) is 32.2 Å². The van der Waals surface area contributed by atoms with Crippen LogP contribution < -0.4 is 4.74 Å². The zero-order chi connectivity index (χ0) is 17.1. The maximum atomic E-state index is 12.5. The van der Waals surface area contributed by atoms with Crippen molar-refractivity contribution in [3.8, 4) is 5.75 Å². The van der Waals surface area contributed by atoms with Crippen LogP contribution in [0.2, 0.25) is 0 Å². The third-order valence-corrected chi connectivity index (χ3v) is 3.39. The lowest BCUT2D eigenvalue weighted by atomic mass is 10.1. The molecular weight excluding hydrogens is 294 g/mol. The van der Waals surface area contributed by atoms with E-state index >= 15 is 0 Å². The number of amides is 1. The number of carbonyl (C=O) groups excluding carboxylic acids is 2. The number of rotatable bonds is 10. The molecule has 0 saturated carbocycles. The SMILES string of the molecule is CCCCCCOc1ccccc1C(=O)N(C)CC(=O)OCC. The molecule has 1 rings (SSSR count). The van der Waals surface area contributed by atoms with Crippen molar-refractivity contribution in [3.05, 3.63) is 29.8 Å². The van der Waals surface area contributed by atoms with Gasteiger partial charge in [-0.2, -0.15) is 0 Å². The molecule has 0 saturated heterocycles. The van der Waals surface area contributed by atoms with Crippen molar-refractivity contribution in [1.82, 2.24) is 4.90 Å². The van der Waals surface area contributed by atoms with E-state index in [2.05, 4.69) is 6.92 Å². The molecule has 0 fully saturated rings. The normalized spacial score (nSPS) is 10.2. The molecule has 0 spiro atoms. The van der Waals surface area contributed by atoms with Gasteiger partial charge in [0.2, 0.25) is 0 Å². The first-order valence-corrected chi connectivity index (χ1v) is 8.23. The van der Waals surface area contributed by atoms with Crippen LogP contribution in [0.4, 0.5) is 0 Å². The molecule has 0 unspecified atom stereocenters. The average molecular weight is 321 g/mol. The molecule has 5 heteroatoms. The van der Waals surface area contributed by atoms with Crippen molar-refractivity contribution in [1.29, 1.82) is 0 Å². The van der Waals surface area contributed by atoms with Gasteiger partial charge in [-0.25, -0.2) is 0 Å². The second kappa shape index (κ2) is 10.6. The van der Waals surface area contributed by atoms with Crippen LogP contribution in [0, 0.1) is 0 Å². The highest BCUT2D eigenvalue weighted by Gasteiger charge is 2.19. The first-order chi connectivity index (χ1) is 11.1. The van der Waals surface area contributed by atoms with Gasteiger partial charge in [0.1, 0.15) is 12.3 Å². The molecule has 0 N–H and O–H groups in total. The molecule has 1 aromatic carbocycles. The highest BCUT2D eigenvalue weighted by atomic mass is 16.5. The van der Waals surface area contributed by atoms with E-state index in [1.165, 1.54) is 17.7 Å². The summed E-state index contributed by atoms with van der Waals surface area (Å²) < 4.78 is 10.6. The summed E-state index contributed by atoms with van der Waals surface area (Å²) >= 11 is 0. The molecule has 23 heavy (non-hydrogen) atoms. The molecule has 0 aromatic heterocycles. The minimum Gasteiger partial charge on any atom is -0.493 e. The van der Waals surface area contributed by atoms with Gasteiger partial charge < -0.3 is 14.4 Å². The summed E-state index contributed by atoms with van der Waals surface area (Å²) in [5, 5.41) is 0. The van der Waals surface area contributed by atoms with E-state index in [9.17, 15) is 9.59 Å². The topological polar surface area (TPSA) is 55.8 Å². The first-order valence-electron chi connectivity index (χ1n) is 8.23. The Morgan fingerprint density at radius 2 is 1.83 bits per heavy atom. The first kappa shape index (κ1) is 19.0. The zero-order valence-corrected chi connectivity index (χ0v) is 14.3. The Kier molecular flexibility index (Phi) is 8.80. The van der Waals surface area contributed by atoms with Gasteiger partial charge in [0.05, 0.1) is 18.8 Å². The van der Waals surface area contributed by atoms with E-state index in [1.807, 2.05) is 6.07 Å². The number of ether oxygens (including phenoxy) is 2. The summed E-state index contributed by atoms with van der Waals surface area (Å²) in [5.41, 5.74) is 0.467. The molecule has 0 aliphatic rings. The fourth-order valence-electron chi connectivity index (χ4n) is 2.16. The average Bonchev–Trinajstić information content (AvgIpc) is 2.54. The minimum atomic E-state index is -0.415. The lowest BCUT2D eigenvalue weighted by Crippen LogP contribution is -2.33. The molecule has 0 bridgehead atoms. The number of likely N-dealkylation sites (N-methyl/N-ethyl adjacent to an activating group) is 1. The number of benzene rings is 1. The lowest BCUT2D eigenvalue weighted by Gasteiger charge is -2.18. The van der Waals surface area contributed by atoms with Gasteiger partial charge in [-0.3, -0.25) is 9.59 Å². The predicted octanol–water partition coefficient (Wildman–Crippen LogP) is 3.28. The highest BCUT2D eigenvalue weighted by molar-refractivity contribution is 5.98. The van der Waals surface area contributed by atoms with Crippen molar-refractivity contribution in [2.75, 3.05) is 26.8 Å². The number of hydrogen-bond acceptors (Lipinski definition) is 4. The van der Waals surface area contributed by atoms with E-state index < -0.39 is 5.97 Å². The van der Waals surface area contributed by atoms with Crippen LogP contribution in [0.1, 0.15) is 49.9 Å². The van der Waals surface area contributed by atoms with E-state index in [0.717, 1.165) is 12.8 Å². The van der Waals surface area contributed by atoms with Gasteiger partial charge >= 0.3 is 5.97 Å². The van der Waals surface area contributed by atoms with Crippen molar-refractivity contribution in [2.45, 2.75) is 39.5 Å². The second-order valence-corrected chi connectivity index (χ2v) is 5.37. The summed E-state index contributed by atoms with van der Waals surface area (Å²) in [4.78, 5) is 25.3. The summed E-state index contributed by atoms with van der Waals surface area (Å²) in [7, 11) is 1.58. The molecule has 128 valence electrons. The Balaban J connectivity index is 2.63. The van der Waals surface area contributed by atoms with Crippen LogP contribution in [0.5, 0.6) is 5.75 Å². The Morgan fingerprint density at radius 3 is 2.52 bits per heavy atom. The smallest absolute Gasteiger partial charge is 0.325 e. The third-order valence-electron chi connectivity index (χ3n) is 3.39. The quantitative estimate of drug-likeness (QED) is 0.490. The maximum Gasteiger partial charge on any atom is 0.325 e. The lowest BCUT2D eigenvalue weighted by molar-refractivity contribution is -0.143. The second-order valence-electron chi connectivity index (χ2n) is 5.37. The van der Waals surface area contributed by atoms with Crippen LogP contribution in [-0.4, -0.2) is 43.6 Å². The maximum absolute atomic E-state index is 12.5. The molecule has 5 nitrogen and oxygen atoms in total. The molecular formula is C18H27NO4. The monoisotopic (exact) mass is 321 g/mol. The predicted molar refractivity (Wildman–Crippen MR) is 89.7 cm³/mol. The number of esters is 1. The van der Waals surface area contributed by atoms with Crippen LogP contribution in [0.25, 0.3) is 0 Å². The van der Waals surface area contributed by atoms with Gasteiger partial charge in [0.25, 0.3) is 5.91 Å². The zero-order valence-electron chi connectivity index (χ0n) is 14.3. The number of carbonyl (C=O) groups is 2. The minimum absolute atomic E-state index is 0.0719. The van der Waals surface area contributed by atoms with Crippen molar-refractivity contribution in [3.63, 3.8) is 0 Å². The molecule has 0 heterocycles. The molecule has 0 aliphatic carbocycles. The Hall–Kier alpha value is -2.04. The van der Waals surface area contributed by atoms with Crippen molar-refractivity contribution in [2.24, 2.45) is 0 Å². The summed E-state index contributed by atoms with van der Waals surface area (Å²) in [6, 6.07) is 7.12. The standard InChI is InChI=1S/C18H27NO4/c1-4-6-7-10-13-23-16-12-9-8-11-15(16)18(21)19(3)14-17(20)22-5-2/h8-9,11-12H,4-7,10,13-14H2,1-3H3. The summed E-state index contributed by atoms with van der Waals surface area (Å²) in [6.45, 7) is 4.72. The third kappa shape index (κ3) is 6.72. The molecule has 1 amide bonds. The van der Waals surface area contributed by atoms with Gasteiger partial charge in [0.15, 0.2) is 0 Å². The van der Waals surface area contributed by atoms with E-state index in [4.69, 9.17) is 9.47 Å². The van der Waals surface area contributed by atoms with Gasteiger partial charge in [-0.05, 0) is 25.5 Å². The molecule has 0 radical (unpaired) electrons. The molecule has 0 atom stereocenters. The molecule has 0 aliphatic heterocycles. The van der Waals surface area contributed by atoms with Crippen LogP contribution in [0.3, 0.4) is 0 Å². The Bertz CT molecular complexity index is 502. The fraction of sp³-hybridized carbons (Fsp3) is 0.556. The van der Waals surface area contributed by atoms with Crippen LogP contribution in [0.15, 0.2) is 24.3 Å². The number of nitrogens with zero attached hydrogens (tertiary/aromatic N) is 1. The molecule has 1 aromatic rings. The van der Waals surface area contributed by atoms with Gasteiger partial charge in [-0.15, -0.1) is 0 Å².